The van der Waals surface area contributed by atoms with Gasteiger partial charge in [-0.05, 0) is 31.2 Å². The molecule has 1 aromatic carbocycles. The van der Waals surface area contributed by atoms with Crippen molar-refractivity contribution in [3.63, 3.8) is 0 Å². The molecule has 0 saturated heterocycles. The third-order valence-corrected chi connectivity index (χ3v) is 4.03. The molecule has 0 N–H and O–H groups in total. The zero-order chi connectivity index (χ0) is 13.5. The van der Waals surface area contributed by atoms with Gasteiger partial charge >= 0.3 is 0 Å². The zero-order valence-electron chi connectivity index (χ0n) is 12.0. The molecule has 1 aliphatic rings. The smallest absolute Gasteiger partial charge is 0.222 e. The van der Waals surface area contributed by atoms with Crippen LogP contribution >= 0.6 is 0 Å². The molecular formula is C17H25NO. The minimum Gasteiger partial charge on any atom is -0.339 e. The molecule has 0 aromatic heterocycles. The van der Waals surface area contributed by atoms with Crippen molar-refractivity contribution in [2.75, 3.05) is 6.54 Å². The van der Waals surface area contributed by atoms with E-state index >= 15 is 0 Å². The summed E-state index contributed by atoms with van der Waals surface area (Å²) in [7, 11) is 0. The number of rotatable bonds is 6. The number of amides is 1. The second-order valence-electron chi connectivity index (χ2n) is 5.51. The van der Waals surface area contributed by atoms with E-state index in [0.717, 1.165) is 19.4 Å². The first-order valence-electron chi connectivity index (χ1n) is 7.64. The van der Waals surface area contributed by atoms with Crippen LogP contribution in [0.2, 0.25) is 0 Å². The molecule has 2 nitrogen and oxygen atoms in total. The molecule has 0 aliphatic heterocycles. The summed E-state index contributed by atoms with van der Waals surface area (Å²) in [6.45, 7) is 2.97. The highest BCUT2D eigenvalue weighted by atomic mass is 16.2. The van der Waals surface area contributed by atoms with Crippen LogP contribution in [0.25, 0.3) is 0 Å². The van der Waals surface area contributed by atoms with Crippen LogP contribution in [0.3, 0.4) is 0 Å². The topological polar surface area (TPSA) is 20.3 Å². The molecule has 1 aliphatic carbocycles. The van der Waals surface area contributed by atoms with Crippen LogP contribution in [0.15, 0.2) is 30.3 Å². The van der Waals surface area contributed by atoms with Gasteiger partial charge in [0.25, 0.3) is 0 Å². The summed E-state index contributed by atoms with van der Waals surface area (Å²) >= 11 is 0. The summed E-state index contributed by atoms with van der Waals surface area (Å²) in [6.07, 6.45) is 7.60. The Kier molecular flexibility index (Phi) is 5.44. The average Bonchev–Trinajstić information content (AvgIpc) is 2.94. The molecule has 1 saturated carbocycles. The Hall–Kier alpha value is -1.31. The van der Waals surface area contributed by atoms with Gasteiger partial charge in [0.15, 0.2) is 0 Å². The van der Waals surface area contributed by atoms with E-state index in [1.807, 2.05) is 6.07 Å². The summed E-state index contributed by atoms with van der Waals surface area (Å²) < 4.78 is 0. The van der Waals surface area contributed by atoms with Crippen LogP contribution in [0, 0.1) is 0 Å². The van der Waals surface area contributed by atoms with Crippen molar-refractivity contribution < 1.29 is 4.79 Å². The number of benzene rings is 1. The van der Waals surface area contributed by atoms with E-state index < -0.39 is 0 Å². The van der Waals surface area contributed by atoms with Crippen molar-refractivity contribution in [2.24, 2.45) is 0 Å². The van der Waals surface area contributed by atoms with E-state index in [-0.39, 0.29) is 0 Å². The molecule has 104 valence electrons. The number of hydrogen-bond donors (Lipinski definition) is 0. The van der Waals surface area contributed by atoms with Gasteiger partial charge in [-0.3, -0.25) is 4.79 Å². The van der Waals surface area contributed by atoms with Gasteiger partial charge in [0.1, 0.15) is 0 Å². The third-order valence-electron chi connectivity index (χ3n) is 4.03. The molecule has 0 heterocycles. The number of carbonyl (C=O) groups is 1. The highest BCUT2D eigenvalue weighted by Gasteiger charge is 2.25. The lowest BCUT2D eigenvalue weighted by Gasteiger charge is -2.29. The number of hydrogen-bond acceptors (Lipinski definition) is 1. The second kappa shape index (κ2) is 7.32. The van der Waals surface area contributed by atoms with E-state index in [4.69, 9.17) is 0 Å². The third kappa shape index (κ3) is 4.09. The fourth-order valence-corrected chi connectivity index (χ4v) is 2.98. The first-order chi connectivity index (χ1) is 9.31. The van der Waals surface area contributed by atoms with Crippen molar-refractivity contribution in [3.05, 3.63) is 35.9 Å². The Morgan fingerprint density at radius 1 is 1.21 bits per heavy atom. The first-order valence-corrected chi connectivity index (χ1v) is 7.64. The fourth-order valence-electron chi connectivity index (χ4n) is 2.98. The quantitative estimate of drug-likeness (QED) is 0.761. The Labute approximate surface area is 116 Å². The maximum Gasteiger partial charge on any atom is 0.222 e. The van der Waals surface area contributed by atoms with Crippen molar-refractivity contribution >= 4 is 5.91 Å². The Morgan fingerprint density at radius 2 is 1.89 bits per heavy atom. The average molecular weight is 259 g/mol. The van der Waals surface area contributed by atoms with Gasteiger partial charge in [-0.15, -0.1) is 0 Å². The maximum absolute atomic E-state index is 12.3. The van der Waals surface area contributed by atoms with Crippen molar-refractivity contribution in [1.29, 1.82) is 0 Å². The molecular weight excluding hydrogens is 234 g/mol. The van der Waals surface area contributed by atoms with Crippen LogP contribution < -0.4 is 0 Å². The largest absolute Gasteiger partial charge is 0.339 e. The molecule has 0 unspecified atom stereocenters. The lowest BCUT2D eigenvalue weighted by atomic mass is 10.1. The van der Waals surface area contributed by atoms with Crippen LogP contribution in [-0.2, 0) is 11.2 Å². The van der Waals surface area contributed by atoms with E-state index in [0.29, 0.717) is 18.4 Å². The molecule has 0 spiro atoms. The van der Waals surface area contributed by atoms with Crippen LogP contribution in [0.5, 0.6) is 0 Å². The summed E-state index contributed by atoms with van der Waals surface area (Å²) in [5.41, 5.74) is 1.33. The van der Waals surface area contributed by atoms with Gasteiger partial charge in [0.05, 0.1) is 0 Å². The van der Waals surface area contributed by atoms with E-state index in [9.17, 15) is 4.79 Å². The number of nitrogens with zero attached hydrogens (tertiary/aromatic N) is 1. The monoisotopic (exact) mass is 259 g/mol. The Bertz CT molecular complexity index is 382. The van der Waals surface area contributed by atoms with Gasteiger partial charge in [0.2, 0.25) is 5.91 Å². The molecule has 1 aromatic rings. The van der Waals surface area contributed by atoms with Crippen molar-refractivity contribution in [1.82, 2.24) is 4.90 Å². The molecule has 19 heavy (non-hydrogen) atoms. The zero-order valence-corrected chi connectivity index (χ0v) is 12.0. The summed E-state index contributed by atoms with van der Waals surface area (Å²) in [6, 6.07) is 11.0. The van der Waals surface area contributed by atoms with Crippen LogP contribution in [0.4, 0.5) is 0 Å². The second-order valence-corrected chi connectivity index (χ2v) is 5.51. The van der Waals surface area contributed by atoms with Gasteiger partial charge in [-0.1, -0.05) is 50.1 Å². The van der Waals surface area contributed by atoms with Crippen LogP contribution in [0.1, 0.15) is 51.0 Å². The van der Waals surface area contributed by atoms with Gasteiger partial charge in [-0.25, -0.2) is 0 Å². The summed E-state index contributed by atoms with van der Waals surface area (Å²) in [4.78, 5) is 14.4. The number of carbonyl (C=O) groups excluding carboxylic acids is 1. The van der Waals surface area contributed by atoms with Gasteiger partial charge in [0, 0.05) is 19.0 Å². The molecule has 1 fully saturated rings. The predicted molar refractivity (Wildman–Crippen MR) is 79.0 cm³/mol. The lowest BCUT2D eigenvalue weighted by molar-refractivity contribution is -0.133. The minimum atomic E-state index is 0.352. The summed E-state index contributed by atoms with van der Waals surface area (Å²) in [5, 5.41) is 0. The SMILES string of the molecule is CCCC(=O)N(CCc1ccccc1)C1CCCC1. The molecule has 0 bridgehead atoms. The Morgan fingerprint density at radius 3 is 2.53 bits per heavy atom. The maximum atomic E-state index is 12.3. The van der Waals surface area contributed by atoms with Crippen molar-refractivity contribution in [3.8, 4) is 0 Å². The predicted octanol–water partition coefficient (Wildman–Crippen LogP) is 3.80. The van der Waals surface area contributed by atoms with E-state index in [2.05, 4.69) is 36.1 Å². The minimum absolute atomic E-state index is 0.352. The highest BCUT2D eigenvalue weighted by molar-refractivity contribution is 5.76. The summed E-state index contributed by atoms with van der Waals surface area (Å²) in [5.74, 6) is 0.352. The van der Waals surface area contributed by atoms with E-state index in [1.165, 1.54) is 31.2 Å². The molecule has 1 amide bonds. The molecule has 2 heteroatoms. The highest BCUT2D eigenvalue weighted by Crippen LogP contribution is 2.24. The fraction of sp³-hybridized carbons (Fsp3) is 0.588. The van der Waals surface area contributed by atoms with Gasteiger partial charge in [-0.2, -0.15) is 0 Å². The Balaban J connectivity index is 1.95. The van der Waals surface area contributed by atoms with Crippen molar-refractivity contribution in [2.45, 2.75) is 57.9 Å². The molecule has 2 rings (SSSR count). The first kappa shape index (κ1) is 14.1. The standard InChI is InChI=1S/C17H25NO/c1-2-8-17(19)18(16-11-6-7-12-16)14-13-15-9-4-3-5-10-15/h3-5,9-10,16H,2,6-8,11-14H2,1H3. The van der Waals surface area contributed by atoms with Gasteiger partial charge < -0.3 is 4.90 Å². The van der Waals surface area contributed by atoms with Crippen LogP contribution in [-0.4, -0.2) is 23.4 Å². The normalized spacial score (nSPS) is 15.6. The molecule has 0 radical (unpaired) electrons. The molecule has 0 atom stereocenters. The van der Waals surface area contributed by atoms with E-state index in [1.54, 1.807) is 0 Å². The lowest BCUT2D eigenvalue weighted by Crippen LogP contribution is -2.40.